The first-order valence-electron chi connectivity index (χ1n) is 4.26. The molecular weight excluding hydrogens is 186 g/mol. The van der Waals surface area contributed by atoms with E-state index in [-0.39, 0.29) is 0 Å². The van der Waals surface area contributed by atoms with Gasteiger partial charge in [0, 0.05) is 6.54 Å². The van der Waals surface area contributed by atoms with E-state index in [9.17, 15) is 4.79 Å². The summed E-state index contributed by atoms with van der Waals surface area (Å²) in [6.45, 7) is 6.21. The molecule has 0 unspecified atom stereocenters. The van der Waals surface area contributed by atoms with Crippen LogP contribution in [0.4, 0.5) is 0 Å². The van der Waals surface area contributed by atoms with Crippen molar-refractivity contribution < 1.29 is 4.79 Å². The molecule has 0 aliphatic carbocycles. The number of carbonyl (C=O) groups is 1. The summed E-state index contributed by atoms with van der Waals surface area (Å²) in [5, 5.41) is 6.26. The highest BCUT2D eigenvalue weighted by Gasteiger charge is 2.24. The van der Waals surface area contributed by atoms with Gasteiger partial charge in [0.2, 0.25) is 5.91 Å². The zero-order chi connectivity index (χ0) is 10.5. The number of hydrogen-bond donors (Lipinski definition) is 3. The van der Waals surface area contributed by atoms with Gasteiger partial charge in [-0.15, -0.1) is 0 Å². The summed E-state index contributed by atoms with van der Waals surface area (Å²) in [7, 11) is 0. The van der Waals surface area contributed by atoms with Crippen molar-refractivity contribution in [3.63, 3.8) is 0 Å². The number of nitrogens with one attached hydrogen (secondary N) is 2. The largest absolute Gasteiger partial charge is 0.368 e. The van der Waals surface area contributed by atoms with Crippen molar-refractivity contribution in [2.24, 2.45) is 5.73 Å². The Bertz CT molecular complexity index is 204. The van der Waals surface area contributed by atoms with Gasteiger partial charge < -0.3 is 16.4 Å². The molecule has 13 heavy (non-hydrogen) atoms. The molecule has 0 aliphatic heterocycles. The minimum atomic E-state index is -0.794. The van der Waals surface area contributed by atoms with Crippen LogP contribution in [-0.4, -0.2) is 23.1 Å². The molecule has 0 aliphatic rings. The molecule has 4 nitrogen and oxygen atoms in total. The minimum Gasteiger partial charge on any atom is -0.368 e. The second-order valence-electron chi connectivity index (χ2n) is 3.37. The number of rotatable bonds is 4. The van der Waals surface area contributed by atoms with Crippen LogP contribution in [0.1, 0.15) is 27.2 Å². The third kappa shape index (κ3) is 4.67. The normalized spacial score (nSPS) is 10.7. The lowest BCUT2D eigenvalue weighted by atomic mass is 10.1. The SMILES string of the molecule is CCCNC(=S)NC(C)(C)C(N)=O. The molecule has 0 fully saturated rings. The highest BCUT2D eigenvalue weighted by Crippen LogP contribution is 1.99. The average Bonchev–Trinajstić information content (AvgIpc) is 1.99. The average molecular weight is 203 g/mol. The molecule has 0 atom stereocenters. The van der Waals surface area contributed by atoms with Crippen LogP contribution in [0.15, 0.2) is 0 Å². The fourth-order valence-electron chi connectivity index (χ4n) is 0.628. The molecule has 4 N–H and O–H groups in total. The van der Waals surface area contributed by atoms with Crippen molar-refractivity contribution in [1.29, 1.82) is 0 Å². The van der Waals surface area contributed by atoms with E-state index in [2.05, 4.69) is 10.6 Å². The summed E-state index contributed by atoms with van der Waals surface area (Å²) >= 11 is 4.96. The Labute approximate surface area is 84.3 Å². The Morgan fingerprint density at radius 1 is 1.54 bits per heavy atom. The van der Waals surface area contributed by atoms with Crippen molar-refractivity contribution in [3.05, 3.63) is 0 Å². The van der Waals surface area contributed by atoms with E-state index in [1.165, 1.54) is 0 Å². The molecule has 0 saturated heterocycles. The monoisotopic (exact) mass is 203 g/mol. The fourth-order valence-corrected chi connectivity index (χ4v) is 0.985. The number of hydrogen-bond acceptors (Lipinski definition) is 2. The highest BCUT2D eigenvalue weighted by molar-refractivity contribution is 7.80. The van der Waals surface area contributed by atoms with Crippen LogP contribution in [0.3, 0.4) is 0 Å². The van der Waals surface area contributed by atoms with Gasteiger partial charge in [0.25, 0.3) is 0 Å². The van der Waals surface area contributed by atoms with Gasteiger partial charge in [-0.3, -0.25) is 4.79 Å². The molecule has 0 aromatic carbocycles. The van der Waals surface area contributed by atoms with E-state index in [0.29, 0.717) is 5.11 Å². The Kier molecular flexibility index (Phi) is 4.69. The molecule has 76 valence electrons. The maximum Gasteiger partial charge on any atom is 0.242 e. The van der Waals surface area contributed by atoms with E-state index in [0.717, 1.165) is 13.0 Å². The van der Waals surface area contributed by atoms with Gasteiger partial charge >= 0.3 is 0 Å². The fraction of sp³-hybridized carbons (Fsp3) is 0.750. The lowest BCUT2D eigenvalue weighted by Gasteiger charge is -2.24. The quantitative estimate of drug-likeness (QED) is 0.568. The molecule has 1 amide bonds. The molecular formula is C8H17N3OS. The maximum absolute atomic E-state index is 10.9. The van der Waals surface area contributed by atoms with Gasteiger partial charge in [-0.2, -0.15) is 0 Å². The molecule has 5 heteroatoms. The zero-order valence-corrected chi connectivity index (χ0v) is 9.12. The summed E-state index contributed by atoms with van der Waals surface area (Å²) in [6, 6.07) is 0. The maximum atomic E-state index is 10.9. The number of thiocarbonyl (C=S) groups is 1. The molecule has 0 spiro atoms. The predicted octanol–water partition coefficient (Wildman–Crippen LogP) is 0.124. The molecule has 0 saturated carbocycles. The number of nitrogens with two attached hydrogens (primary N) is 1. The Balaban J connectivity index is 3.97. The van der Waals surface area contributed by atoms with Crippen molar-refractivity contribution in [1.82, 2.24) is 10.6 Å². The predicted molar refractivity (Wildman–Crippen MR) is 57.3 cm³/mol. The van der Waals surface area contributed by atoms with Crippen LogP contribution < -0.4 is 16.4 Å². The van der Waals surface area contributed by atoms with Gasteiger partial charge in [0.15, 0.2) is 5.11 Å². The molecule has 0 aromatic rings. The molecule has 0 bridgehead atoms. The summed E-state index contributed by atoms with van der Waals surface area (Å²) in [5.74, 6) is -0.423. The van der Waals surface area contributed by atoms with Crippen molar-refractivity contribution >= 4 is 23.2 Å². The Morgan fingerprint density at radius 3 is 2.46 bits per heavy atom. The topological polar surface area (TPSA) is 67.2 Å². The van der Waals surface area contributed by atoms with E-state index >= 15 is 0 Å². The molecule has 0 heterocycles. The summed E-state index contributed by atoms with van der Waals surface area (Å²) < 4.78 is 0. The lowest BCUT2D eigenvalue weighted by molar-refractivity contribution is -0.122. The van der Waals surface area contributed by atoms with E-state index in [4.69, 9.17) is 18.0 Å². The van der Waals surface area contributed by atoms with Gasteiger partial charge in [-0.25, -0.2) is 0 Å². The van der Waals surface area contributed by atoms with Gasteiger partial charge in [-0.1, -0.05) is 6.92 Å². The summed E-state index contributed by atoms with van der Waals surface area (Å²) in [4.78, 5) is 10.9. The zero-order valence-electron chi connectivity index (χ0n) is 8.31. The van der Waals surface area contributed by atoms with Crippen LogP contribution in [0.5, 0.6) is 0 Å². The van der Waals surface area contributed by atoms with Gasteiger partial charge in [0.1, 0.15) is 5.54 Å². The lowest BCUT2D eigenvalue weighted by Crippen LogP contribution is -2.55. The standard InChI is InChI=1S/C8H17N3OS/c1-4-5-10-7(13)11-8(2,3)6(9)12/h4-5H2,1-3H3,(H2,9,12)(H2,10,11,13). The van der Waals surface area contributed by atoms with Crippen molar-refractivity contribution in [2.75, 3.05) is 6.54 Å². The van der Waals surface area contributed by atoms with Crippen LogP contribution in [0.25, 0.3) is 0 Å². The second kappa shape index (κ2) is 5.01. The second-order valence-corrected chi connectivity index (χ2v) is 3.78. The van der Waals surface area contributed by atoms with E-state index < -0.39 is 11.4 Å². The van der Waals surface area contributed by atoms with Gasteiger partial charge in [0.05, 0.1) is 0 Å². The van der Waals surface area contributed by atoms with E-state index in [1.807, 2.05) is 6.92 Å². The Hall–Kier alpha value is -0.840. The van der Waals surface area contributed by atoms with Crippen LogP contribution in [0, 0.1) is 0 Å². The summed E-state index contributed by atoms with van der Waals surface area (Å²) in [5.41, 5.74) is 4.36. The smallest absolute Gasteiger partial charge is 0.242 e. The Morgan fingerprint density at radius 2 is 2.08 bits per heavy atom. The van der Waals surface area contributed by atoms with Crippen LogP contribution in [0.2, 0.25) is 0 Å². The first kappa shape index (κ1) is 12.2. The van der Waals surface area contributed by atoms with Crippen LogP contribution >= 0.6 is 12.2 Å². The number of carbonyl (C=O) groups excluding carboxylic acids is 1. The summed E-state index contributed by atoms with van der Waals surface area (Å²) in [6.07, 6.45) is 0.985. The number of amides is 1. The van der Waals surface area contributed by atoms with Crippen molar-refractivity contribution in [3.8, 4) is 0 Å². The molecule has 0 aromatic heterocycles. The highest BCUT2D eigenvalue weighted by atomic mass is 32.1. The third-order valence-electron chi connectivity index (χ3n) is 1.58. The number of primary amides is 1. The first-order chi connectivity index (χ1) is 5.90. The minimum absolute atomic E-state index is 0.423. The third-order valence-corrected chi connectivity index (χ3v) is 1.82. The van der Waals surface area contributed by atoms with Crippen LogP contribution in [-0.2, 0) is 4.79 Å². The van der Waals surface area contributed by atoms with Crippen molar-refractivity contribution in [2.45, 2.75) is 32.7 Å². The van der Waals surface area contributed by atoms with E-state index in [1.54, 1.807) is 13.8 Å². The first-order valence-corrected chi connectivity index (χ1v) is 4.67. The molecule has 0 rings (SSSR count). The van der Waals surface area contributed by atoms with Gasteiger partial charge in [-0.05, 0) is 32.5 Å². The molecule has 0 radical (unpaired) electrons.